The van der Waals surface area contributed by atoms with Crippen molar-refractivity contribution in [1.29, 1.82) is 0 Å². The zero-order valence-electron chi connectivity index (χ0n) is 16.5. The van der Waals surface area contributed by atoms with Crippen LogP contribution in [0.15, 0.2) is 48.5 Å². The van der Waals surface area contributed by atoms with Gasteiger partial charge in [-0.1, -0.05) is 18.2 Å². The summed E-state index contributed by atoms with van der Waals surface area (Å²) in [6, 6.07) is 15.3. The summed E-state index contributed by atoms with van der Waals surface area (Å²) in [7, 11) is 4.84. The minimum Gasteiger partial charge on any atom is -0.496 e. The average molecular weight is 380 g/mol. The third-order valence-electron chi connectivity index (χ3n) is 4.80. The Labute approximate surface area is 164 Å². The minimum absolute atomic E-state index is 0.459. The van der Waals surface area contributed by atoms with Gasteiger partial charge < -0.3 is 24.5 Å². The maximum absolute atomic E-state index is 12.0. The third-order valence-corrected chi connectivity index (χ3v) is 4.80. The number of carbonyl (C=O) groups is 1. The van der Waals surface area contributed by atoms with Crippen LogP contribution >= 0.6 is 0 Å². The standard InChI is InChI=1S/C22H24N2O4/c1-14-17(22(23)25)12-18(16-7-5-6-8-19(16)26-2)24(14)13-15-9-10-20(27-3)21(11-15)28-4/h5-12H,13H2,1-4H3,(H2,23,25). The Balaban J connectivity index is 2.13. The number of methoxy groups -OCH3 is 3. The molecule has 0 aliphatic carbocycles. The van der Waals surface area contributed by atoms with Gasteiger partial charge in [-0.2, -0.15) is 0 Å². The number of hydrogen-bond donors (Lipinski definition) is 1. The van der Waals surface area contributed by atoms with E-state index < -0.39 is 5.91 Å². The molecule has 6 heteroatoms. The van der Waals surface area contributed by atoms with Crippen molar-refractivity contribution in [1.82, 2.24) is 4.57 Å². The second kappa shape index (κ2) is 8.08. The summed E-state index contributed by atoms with van der Waals surface area (Å²) < 4.78 is 18.3. The fourth-order valence-electron chi connectivity index (χ4n) is 3.34. The van der Waals surface area contributed by atoms with E-state index in [1.165, 1.54) is 0 Å². The molecule has 2 N–H and O–H groups in total. The largest absolute Gasteiger partial charge is 0.496 e. The van der Waals surface area contributed by atoms with E-state index in [0.29, 0.717) is 23.6 Å². The van der Waals surface area contributed by atoms with Crippen LogP contribution in [0, 0.1) is 6.92 Å². The SMILES string of the molecule is COc1ccc(Cn2c(-c3ccccc3OC)cc(C(N)=O)c2C)cc1OC. The van der Waals surface area contributed by atoms with Crippen molar-refractivity contribution in [2.75, 3.05) is 21.3 Å². The van der Waals surface area contributed by atoms with Crippen molar-refractivity contribution in [2.24, 2.45) is 5.73 Å². The van der Waals surface area contributed by atoms with E-state index in [1.807, 2.05) is 55.5 Å². The van der Waals surface area contributed by atoms with E-state index in [-0.39, 0.29) is 0 Å². The number of benzene rings is 2. The Morgan fingerprint density at radius 1 is 0.929 bits per heavy atom. The van der Waals surface area contributed by atoms with Gasteiger partial charge in [-0.3, -0.25) is 4.79 Å². The molecule has 0 atom stereocenters. The molecule has 3 aromatic rings. The molecule has 146 valence electrons. The van der Waals surface area contributed by atoms with Gasteiger partial charge in [0.1, 0.15) is 5.75 Å². The summed E-state index contributed by atoms with van der Waals surface area (Å²) >= 11 is 0. The molecule has 1 aromatic heterocycles. The number of primary amides is 1. The number of para-hydroxylation sites is 1. The molecule has 0 bridgehead atoms. The second-order valence-corrected chi connectivity index (χ2v) is 6.37. The lowest BCUT2D eigenvalue weighted by Crippen LogP contribution is -2.12. The Hall–Kier alpha value is -3.41. The van der Waals surface area contributed by atoms with Crippen molar-refractivity contribution in [3.8, 4) is 28.5 Å². The van der Waals surface area contributed by atoms with Crippen molar-refractivity contribution in [3.05, 3.63) is 65.4 Å². The van der Waals surface area contributed by atoms with Crippen LogP contribution in [0.25, 0.3) is 11.3 Å². The van der Waals surface area contributed by atoms with E-state index >= 15 is 0 Å². The fraction of sp³-hybridized carbons (Fsp3) is 0.227. The predicted octanol–water partition coefficient (Wildman–Crippen LogP) is 3.64. The number of carbonyl (C=O) groups excluding carboxylic acids is 1. The summed E-state index contributed by atoms with van der Waals surface area (Å²) in [6.07, 6.45) is 0. The highest BCUT2D eigenvalue weighted by atomic mass is 16.5. The molecule has 1 heterocycles. The van der Waals surface area contributed by atoms with Gasteiger partial charge in [0.05, 0.1) is 32.6 Å². The summed E-state index contributed by atoms with van der Waals surface area (Å²) in [5, 5.41) is 0. The van der Waals surface area contributed by atoms with Gasteiger partial charge in [0, 0.05) is 17.8 Å². The molecule has 0 saturated heterocycles. The zero-order valence-corrected chi connectivity index (χ0v) is 16.5. The molecule has 0 fully saturated rings. The first-order chi connectivity index (χ1) is 13.5. The molecule has 0 saturated carbocycles. The number of amides is 1. The molecule has 6 nitrogen and oxygen atoms in total. The molecule has 0 aliphatic heterocycles. The van der Waals surface area contributed by atoms with E-state index in [4.69, 9.17) is 19.9 Å². The van der Waals surface area contributed by atoms with Crippen LogP contribution in [0.2, 0.25) is 0 Å². The van der Waals surface area contributed by atoms with Gasteiger partial charge in [-0.25, -0.2) is 0 Å². The first kappa shape index (κ1) is 19.4. The van der Waals surface area contributed by atoms with E-state index in [9.17, 15) is 4.79 Å². The summed E-state index contributed by atoms with van der Waals surface area (Å²) in [5.41, 5.74) is 9.64. The highest BCUT2D eigenvalue weighted by Crippen LogP contribution is 2.34. The molecule has 0 spiro atoms. The van der Waals surface area contributed by atoms with Gasteiger partial charge in [-0.05, 0) is 42.8 Å². The Kier molecular flexibility index (Phi) is 5.59. The monoisotopic (exact) mass is 380 g/mol. The lowest BCUT2D eigenvalue weighted by Gasteiger charge is -2.16. The van der Waals surface area contributed by atoms with Gasteiger partial charge >= 0.3 is 0 Å². The van der Waals surface area contributed by atoms with Crippen molar-refractivity contribution in [2.45, 2.75) is 13.5 Å². The number of aromatic nitrogens is 1. The summed E-state index contributed by atoms with van der Waals surface area (Å²) in [6.45, 7) is 2.42. The zero-order chi connectivity index (χ0) is 20.3. The quantitative estimate of drug-likeness (QED) is 0.679. The first-order valence-electron chi connectivity index (χ1n) is 8.84. The number of nitrogens with zero attached hydrogens (tertiary/aromatic N) is 1. The summed E-state index contributed by atoms with van der Waals surface area (Å²) in [4.78, 5) is 12.0. The number of rotatable bonds is 7. The lowest BCUT2D eigenvalue weighted by molar-refractivity contribution is 0.0999. The van der Waals surface area contributed by atoms with Gasteiger partial charge in [0.2, 0.25) is 0 Å². The first-order valence-corrected chi connectivity index (χ1v) is 8.84. The van der Waals surface area contributed by atoms with Crippen molar-refractivity contribution >= 4 is 5.91 Å². The predicted molar refractivity (Wildman–Crippen MR) is 108 cm³/mol. The van der Waals surface area contributed by atoms with Crippen molar-refractivity contribution < 1.29 is 19.0 Å². The van der Waals surface area contributed by atoms with Crippen LogP contribution in [-0.4, -0.2) is 31.8 Å². The third kappa shape index (κ3) is 3.53. The molecule has 28 heavy (non-hydrogen) atoms. The Morgan fingerprint density at radius 3 is 2.25 bits per heavy atom. The second-order valence-electron chi connectivity index (χ2n) is 6.37. The highest BCUT2D eigenvalue weighted by Gasteiger charge is 2.19. The smallest absolute Gasteiger partial charge is 0.250 e. The normalized spacial score (nSPS) is 10.6. The maximum atomic E-state index is 12.0. The molecule has 0 radical (unpaired) electrons. The van der Waals surface area contributed by atoms with Crippen LogP contribution in [0.3, 0.4) is 0 Å². The fourth-order valence-corrected chi connectivity index (χ4v) is 3.34. The molecular weight excluding hydrogens is 356 g/mol. The Bertz CT molecular complexity index is 1010. The van der Waals surface area contributed by atoms with Crippen LogP contribution < -0.4 is 19.9 Å². The van der Waals surface area contributed by atoms with Gasteiger partial charge in [0.15, 0.2) is 11.5 Å². The Morgan fingerprint density at radius 2 is 1.61 bits per heavy atom. The van der Waals surface area contributed by atoms with Crippen LogP contribution in [0.4, 0.5) is 0 Å². The van der Waals surface area contributed by atoms with Crippen LogP contribution in [-0.2, 0) is 6.54 Å². The van der Waals surface area contributed by atoms with Crippen molar-refractivity contribution in [3.63, 3.8) is 0 Å². The summed E-state index contributed by atoms with van der Waals surface area (Å²) in [5.74, 6) is 1.58. The highest BCUT2D eigenvalue weighted by molar-refractivity contribution is 5.96. The average Bonchev–Trinajstić information content (AvgIpc) is 3.04. The van der Waals surface area contributed by atoms with E-state index in [2.05, 4.69) is 4.57 Å². The molecule has 0 aliphatic rings. The topological polar surface area (TPSA) is 75.7 Å². The molecular formula is C22H24N2O4. The van der Waals surface area contributed by atoms with E-state index in [0.717, 1.165) is 28.3 Å². The van der Waals surface area contributed by atoms with Gasteiger partial charge in [0.25, 0.3) is 5.91 Å². The molecule has 2 aromatic carbocycles. The minimum atomic E-state index is -0.459. The van der Waals surface area contributed by atoms with Crippen LogP contribution in [0.5, 0.6) is 17.2 Å². The lowest BCUT2D eigenvalue weighted by atomic mass is 10.1. The van der Waals surface area contributed by atoms with Crippen LogP contribution in [0.1, 0.15) is 21.6 Å². The maximum Gasteiger partial charge on any atom is 0.250 e. The molecule has 0 unspecified atom stereocenters. The molecule has 1 amide bonds. The molecule has 3 rings (SSSR count). The van der Waals surface area contributed by atoms with Gasteiger partial charge in [-0.15, -0.1) is 0 Å². The number of ether oxygens (including phenoxy) is 3. The number of nitrogens with two attached hydrogens (primary N) is 1. The van der Waals surface area contributed by atoms with E-state index in [1.54, 1.807) is 21.3 Å². The number of hydrogen-bond acceptors (Lipinski definition) is 4.